The van der Waals surface area contributed by atoms with Crippen molar-refractivity contribution in [2.45, 2.75) is 13.0 Å². The number of carbonyl (C=O) groups excluding carboxylic acids is 1. The molecule has 76 valence electrons. The lowest BCUT2D eigenvalue weighted by Gasteiger charge is -2.12. The molecule has 5 heteroatoms. The molecule has 0 saturated carbocycles. The summed E-state index contributed by atoms with van der Waals surface area (Å²) in [6.45, 7) is 1.86. The molecule has 1 aromatic heterocycles. The van der Waals surface area contributed by atoms with Gasteiger partial charge in [-0.15, -0.1) is 6.42 Å². The van der Waals surface area contributed by atoms with Crippen molar-refractivity contribution in [1.29, 1.82) is 5.26 Å². The first-order chi connectivity index (χ1) is 7.20. The molecule has 1 rings (SSSR count). The Morgan fingerprint density at radius 2 is 2.60 bits per heavy atom. The maximum Gasteiger partial charge on any atom is 0.243 e. The van der Waals surface area contributed by atoms with Crippen molar-refractivity contribution in [3.63, 3.8) is 0 Å². The number of hydrogen-bond donors (Lipinski definition) is 1. The number of carbonyl (C=O) groups is 1. The van der Waals surface area contributed by atoms with Gasteiger partial charge in [-0.3, -0.25) is 4.79 Å². The number of aromatic nitrogens is 2. The van der Waals surface area contributed by atoms with Crippen LogP contribution in [0.4, 0.5) is 0 Å². The molecule has 1 unspecified atom stereocenters. The van der Waals surface area contributed by atoms with Crippen molar-refractivity contribution in [1.82, 2.24) is 14.9 Å². The normalized spacial score (nSPS) is 11.1. The van der Waals surface area contributed by atoms with E-state index in [2.05, 4.69) is 16.2 Å². The van der Waals surface area contributed by atoms with Gasteiger partial charge in [0.05, 0.1) is 6.54 Å². The summed E-state index contributed by atoms with van der Waals surface area (Å²) in [4.78, 5) is 15.3. The summed E-state index contributed by atoms with van der Waals surface area (Å²) < 4.78 is 1.49. The summed E-state index contributed by atoms with van der Waals surface area (Å²) in [5, 5.41) is 11.3. The molecule has 0 aliphatic carbocycles. The number of rotatable bonds is 3. The minimum absolute atomic E-state index is 0.180. The first-order valence-electron chi connectivity index (χ1n) is 4.34. The van der Waals surface area contributed by atoms with E-state index in [0.717, 1.165) is 0 Å². The highest BCUT2D eigenvalue weighted by molar-refractivity contribution is 5.80. The van der Waals surface area contributed by atoms with Crippen LogP contribution in [0.5, 0.6) is 0 Å². The molecule has 0 radical (unpaired) electrons. The molecule has 0 aliphatic heterocycles. The third-order valence-corrected chi connectivity index (χ3v) is 1.93. The number of nitriles is 1. The summed E-state index contributed by atoms with van der Waals surface area (Å²) in [6.07, 6.45) is 8.07. The molecule has 1 atom stereocenters. The van der Waals surface area contributed by atoms with E-state index in [1.807, 2.05) is 6.07 Å². The van der Waals surface area contributed by atoms with Crippen molar-refractivity contribution in [3.8, 4) is 18.4 Å². The van der Waals surface area contributed by atoms with Gasteiger partial charge >= 0.3 is 0 Å². The van der Waals surface area contributed by atoms with Gasteiger partial charge in [0.1, 0.15) is 12.1 Å². The van der Waals surface area contributed by atoms with Gasteiger partial charge in [-0.25, -0.2) is 4.98 Å². The third-order valence-electron chi connectivity index (χ3n) is 1.93. The van der Waals surface area contributed by atoms with Crippen LogP contribution in [0.1, 0.15) is 18.8 Å². The molecular weight excluding hydrogens is 192 g/mol. The first kappa shape index (κ1) is 10.8. The Morgan fingerprint density at radius 3 is 3.20 bits per heavy atom. The van der Waals surface area contributed by atoms with E-state index in [0.29, 0.717) is 0 Å². The highest BCUT2D eigenvalue weighted by Gasteiger charge is 2.16. The number of nitrogens with one attached hydrogen (secondary N) is 1. The monoisotopic (exact) mass is 202 g/mol. The molecule has 5 nitrogen and oxygen atoms in total. The smallest absolute Gasteiger partial charge is 0.243 e. The molecule has 0 fully saturated rings. The minimum atomic E-state index is -0.490. The summed E-state index contributed by atoms with van der Waals surface area (Å²) in [5.41, 5.74) is 0. The Morgan fingerprint density at radius 1 is 1.87 bits per heavy atom. The molecule has 1 amide bonds. The van der Waals surface area contributed by atoms with Crippen LogP contribution in [0, 0.1) is 23.7 Å². The van der Waals surface area contributed by atoms with Gasteiger partial charge in [0, 0.05) is 12.4 Å². The van der Waals surface area contributed by atoms with E-state index in [4.69, 9.17) is 11.7 Å². The highest BCUT2D eigenvalue weighted by Crippen LogP contribution is 2.08. The van der Waals surface area contributed by atoms with Crippen molar-refractivity contribution < 1.29 is 4.79 Å². The predicted molar refractivity (Wildman–Crippen MR) is 53.5 cm³/mol. The molecule has 0 saturated heterocycles. The average Bonchev–Trinajstić information content (AvgIpc) is 2.72. The van der Waals surface area contributed by atoms with Crippen molar-refractivity contribution >= 4 is 5.91 Å². The lowest BCUT2D eigenvalue weighted by Crippen LogP contribution is -2.31. The standard InChI is InChI=1S/C10H10N4O/c1-3-4-13-10(15)8(2)14-6-5-12-9(14)7-11/h1,5-6,8H,4H2,2H3,(H,13,15). The molecule has 0 bridgehead atoms. The van der Waals surface area contributed by atoms with Crippen LogP contribution in [0.2, 0.25) is 0 Å². The fourth-order valence-corrected chi connectivity index (χ4v) is 1.12. The Hall–Kier alpha value is -2.27. The summed E-state index contributed by atoms with van der Waals surface area (Å²) in [7, 11) is 0. The lowest BCUT2D eigenvalue weighted by molar-refractivity contribution is -0.123. The predicted octanol–water partition coefficient (Wildman–Crippen LogP) is 0.0652. The summed E-state index contributed by atoms with van der Waals surface area (Å²) in [5.74, 6) is 2.28. The second-order valence-corrected chi connectivity index (χ2v) is 2.87. The van der Waals surface area contributed by atoms with E-state index in [1.54, 1.807) is 13.1 Å². The number of imidazole rings is 1. The molecule has 1 heterocycles. The second kappa shape index (κ2) is 4.83. The van der Waals surface area contributed by atoms with Gasteiger partial charge in [-0.2, -0.15) is 5.26 Å². The van der Waals surface area contributed by atoms with Crippen LogP contribution in [0.15, 0.2) is 12.4 Å². The Labute approximate surface area is 87.7 Å². The Balaban J connectivity index is 2.78. The van der Waals surface area contributed by atoms with E-state index in [-0.39, 0.29) is 18.3 Å². The third kappa shape index (κ3) is 2.35. The maximum absolute atomic E-state index is 11.5. The highest BCUT2D eigenvalue weighted by atomic mass is 16.2. The molecule has 0 spiro atoms. The number of hydrogen-bond acceptors (Lipinski definition) is 3. The summed E-state index contributed by atoms with van der Waals surface area (Å²) >= 11 is 0. The van der Waals surface area contributed by atoms with Gasteiger partial charge in [-0.1, -0.05) is 5.92 Å². The fraction of sp³-hybridized carbons (Fsp3) is 0.300. The van der Waals surface area contributed by atoms with Gasteiger partial charge in [-0.05, 0) is 6.92 Å². The number of terminal acetylenes is 1. The zero-order valence-corrected chi connectivity index (χ0v) is 8.27. The average molecular weight is 202 g/mol. The van der Waals surface area contributed by atoms with Crippen molar-refractivity contribution in [2.24, 2.45) is 0 Å². The van der Waals surface area contributed by atoms with Crippen LogP contribution in [-0.4, -0.2) is 22.0 Å². The molecular formula is C10H10N4O. The van der Waals surface area contributed by atoms with Crippen LogP contribution < -0.4 is 5.32 Å². The first-order valence-corrected chi connectivity index (χ1v) is 4.34. The fourth-order valence-electron chi connectivity index (χ4n) is 1.12. The minimum Gasteiger partial charge on any atom is -0.343 e. The van der Waals surface area contributed by atoms with Crippen LogP contribution in [0.25, 0.3) is 0 Å². The Bertz CT molecular complexity index is 435. The summed E-state index contributed by atoms with van der Waals surface area (Å²) in [6, 6.07) is 1.41. The zero-order valence-electron chi connectivity index (χ0n) is 8.27. The van der Waals surface area contributed by atoms with E-state index in [9.17, 15) is 4.79 Å². The zero-order chi connectivity index (χ0) is 11.3. The van der Waals surface area contributed by atoms with Crippen molar-refractivity contribution in [3.05, 3.63) is 18.2 Å². The van der Waals surface area contributed by atoms with Crippen LogP contribution in [0.3, 0.4) is 0 Å². The molecule has 0 aromatic carbocycles. The number of nitrogens with zero attached hydrogens (tertiary/aromatic N) is 3. The van der Waals surface area contributed by atoms with Gasteiger partial charge in [0.15, 0.2) is 0 Å². The topological polar surface area (TPSA) is 70.7 Å². The van der Waals surface area contributed by atoms with E-state index < -0.39 is 6.04 Å². The van der Waals surface area contributed by atoms with E-state index in [1.165, 1.54) is 10.8 Å². The van der Waals surface area contributed by atoms with Gasteiger partial charge in [0.2, 0.25) is 11.7 Å². The molecule has 1 N–H and O–H groups in total. The van der Waals surface area contributed by atoms with Gasteiger partial charge in [0.25, 0.3) is 0 Å². The van der Waals surface area contributed by atoms with Crippen LogP contribution in [-0.2, 0) is 4.79 Å². The molecule has 15 heavy (non-hydrogen) atoms. The second-order valence-electron chi connectivity index (χ2n) is 2.87. The Kier molecular flexibility index (Phi) is 3.48. The van der Waals surface area contributed by atoms with E-state index >= 15 is 0 Å². The SMILES string of the molecule is C#CCNC(=O)C(C)n1ccnc1C#N. The number of amides is 1. The largest absolute Gasteiger partial charge is 0.343 e. The van der Waals surface area contributed by atoms with Crippen LogP contribution >= 0.6 is 0 Å². The maximum atomic E-state index is 11.5. The van der Waals surface area contributed by atoms with Gasteiger partial charge < -0.3 is 9.88 Å². The lowest BCUT2D eigenvalue weighted by atomic mass is 10.3. The molecule has 1 aromatic rings. The van der Waals surface area contributed by atoms with Crippen molar-refractivity contribution in [2.75, 3.05) is 6.54 Å². The quantitative estimate of drug-likeness (QED) is 0.705. The molecule has 0 aliphatic rings.